The van der Waals surface area contributed by atoms with Crippen LogP contribution in [0.3, 0.4) is 0 Å². The van der Waals surface area contributed by atoms with Gasteiger partial charge in [-0.05, 0) is 49.9 Å². The van der Waals surface area contributed by atoms with E-state index in [-0.39, 0.29) is 5.91 Å². The van der Waals surface area contributed by atoms with Gasteiger partial charge in [0.2, 0.25) is 5.91 Å². The van der Waals surface area contributed by atoms with Gasteiger partial charge in [-0.1, -0.05) is 32.9 Å². The highest BCUT2D eigenvalue weighted by Crippen LogP contribution is 2.39. The predicted octanol–water partition coefficient (Wildman–Crippen LogP) is 3.47. The van der Waals surface area contributed by atoms with E-state index in [1.54, 1.807) is 0 Å². The van der Waals surface area contributed by atoms with Crippen molar-refractivity contribution in [2.45, 2.75) is 46.1 Å². The summed E-state index contributed by atoms with van der Waals surface area (Å²) in [5.41, 5.74) is 2.88. The molecule has 0 fully saturated rings. The van der Waals surface area contributed by atoms with Crippen molar-refractivity contribution < 1.29 is 4.79 Å². The summed E-state index contributed by atoms with van der Waals surface area (Å²) >= 11 is 0. The second kappa shape index (κ2) is 5.21. The van der Waals surface area contributed by atoms with Crippen molar-refractivity contribution in [2.75, 3.05) is 12.4 Å². The van der Waals surface area contributed by atoms with Crippen molar-refractivity contribution in [1.82, 2.24) is 5.32 Å². The van der Waals surface area contributed by atoms with Gasteiger partial charge in [-0.15, -0.1) is 0 Å². The van der Waals surface area contributed by atoms with E-state index in [1.807, 2.05) is 27.0 Å². The molecule has 2 N–H and O–H groups in total. The van der Waals surface area contributed by atoms with Gasteiger partial charge in [0.15, 0.2) is 0 Å². The average Bonchev–Trinajstić information content (AvgIpc) is 2.61. The van der Waals surface area contributed by atoms with Crippen LogP contribution in [0.25, 0.3) is 0 Å². The van der Waals surface area contributed by atoms with Crippen molar-refractivity contribution >= 4 is 11.6 Å². The zero-order chi connectivity index (χ0) is 15.1. The van der Waals surface area contributed by atoms with Gasteiger partial charge in [0.05, 0.1) is 5.41 Å². The average molecular weight is 274 g/mol. The topological polar surface area (TPSA) is 41.1 Å². The highest BCUT2D eigenvalue weighted by molar-refractivity contribution is 6.05. The van der Waals surface area contributed by atoms with Crippen LogP contribution in [-0.2, 0) is 10.2 Å². The highest BCUT2D eigenvalue weighted by Gasteiger charge is 2.38. The zero-order valence-corrected chi connectivity index (χ0v) is 13.4. The Kier molecular flexibility index (Phi) is 3.92. The molecule has 2 rings (SSSR count). The molecule has 0 aliphatic carbocycles. The van der Waals surface area contributed by atoms with Gasteiger partial charge in [-0.3, -0.25) is 4.79 Å². The first-order chi connectivity index (χ1) is 9.28. The first kappa shape index (κ1) is 15.0. The molecule has 0 saturated carbocycles. The molecule has 1 aliphatic rings. The van der Waals surface area contributed by atoms with Gasteiger partial charge < -0.3 is 10.6 Å². The van der Waals surface area contributed by atoms with Crippen LogP contribution in [-0.4, -0.2) is 13.0 Å². The van der Waals surface area contributed by atoms with Crippen LogP contribution in [0, 0.1) is 11.8 Å². The molecule has 3 heteroatoms. The molecule has 1 aliphatic heterocycles. The molecule has 0 saturated heterocycles. The second-order valence-electron chi connectivity index (χ2n) is 6.75. The van der Waals surface area contributed by atoms with Crippen LogP contribution in [0.2, 0.25) is 0 Å². The summed E-state index contributed by atoms with van der Waals surface area (Å²) < 4.78 is 0. The fourth-order valence-electron chi connectivity index (χ4n) is 2.90. The van der Waals surface area contributed by atoms with Crippen LogP contribution < -0.4 is 10.6 Å². The smallest absolute Gasteiger partial charge is 0.234 e. The molecule has 0 spiro atoms. The minimum Gasteiger partial charge on any atom is -0.325 e. The Morgan fingerprint density at radius 2 is 1.85 bits per heavy atom. The summed E-state index contributed by atoms with van der Waals surface area (Å²) in [6.07, 6.45) is 0. The van der Waals surface area contributed by atoms with Gasteiger partial charge in [0.1, 0.15) is 0 Å². The van der Waals surface area contributed by atoms with E-state index in [0.29, 0.717) is 17.9 Å². The minimum absolute atomic E-state index is 0.0857. The first-order valence-corrected chi connectivity index (χ1v) is 7.42. The molecule has 2 atom stereocenters. The van der Waals surface area contributed by atoms with E-state index in [0.717, 1.165) is 11.3 Å². The number of carbonyl (C=O) groups excluding carboxylic acids is 1. The lowest BCUT2D eigenvalue weighted by Gasteiger charge is -2.28. The van der Waals surface area contributed by atoms with Crippen molar-refractivity contribution in [3.05, 3.63) is 29.3 Å². The fraction of sp³-hybridized carbons (Fsp3) is 0.588. The number of carbonyl (C=O) groups is 1. The number of fused-ring (bicyclic) bond motifs is 1. The Hall–Kier alpha value is -1.35. The molecular formula is C17H26N2O. The highest BCUT2D eigenvalue weighted by atomic mass is 16.2. The number of amides is 1. The number of nitrogens with one attached hydrogen (secondary N) is 2. The van der Waals surface area contributed by atoms with E-state index in [4.69, 9.17) is 0 Å². The Morgan fingerprint density at radius 3 is 2.40 bits per heavy atom. The zero-order valence-electron chi connectivity index (χ0n) is 13.4. The molecule has 20 heavy (non-hydrogen) atoms. The molecule has 110 valence electrons. The SMILES string of the molecule is CNC(c1ccc2c(c1)C(C)(C)C(=O)N2)C(C)C(C)C. The van der Waals surface area contributed by atoms with Crippen LogP contribution in [0.5, 0.6) is 0 Å². The van der Waals surface area contributed by atoms with Gasteiger partial charge >= 0.3 is 0 Å². The normalized spacial score (nSPS) is 19.6. The predicted molar refractivity (Wildman–Crippen MR) is 83.9 cm³/mol. The lowest BCUT2D eigenvalue weighted by atomic mass is 9.81. The number of rotatable bonds is 4. The van der Waals surface area contributed by atoms with Crippen LogP contribution in [0.15, 0.2) is 18.2 Å². The maximum atomic E-state index is 12.0. The van der Waals surface area contributed by atoms with Crippen molar-refractivity contribution in [2.24, 2.45) is 11.8 Å². The molecule has 2 unspecified atom stereocenters. The Morgan fingerprint density at radius 1 is 1.20 bits per heavy atom. The maximum Gasteiger partial charge on any atom is 0.234 e. The van der Waals surface area contributed by atoms with Crippen molar-refractivity contribution in [1.29, 1.82) is 0 Å². The van der Waals surface area contributed by atoms with Crippen molar-refractivity contribution in [3.63, 3.8) is 0 Å². The first-order valence-electron chi connectivity index (χ1n) is 7.42. The van der Waals surface area contributed by atoms with Crippen molar-refractivity contribution in [3.8, 4) is 0 Å². The Labute approximate surface area is 122 Å². The summed E-state index contributed by atoms with van der Waals surface area (Å²) in [6.45, 7) is 10.7. The molecular weight excluding hydrogens is 248 g/mol. The summed E-state index contributed by atoms with van der Waals surface area (Å²) in [7, 11) is 2.01. The van der Waals surface area contributed by atoms with Gasteiger partial charge in [0, 0.05) is 11.7 Å². The van der Waals surface area contributed by atoms with Crippen LogP contribution >= 0.6 is 0 Å². The standard InChI is InChI=1S/C17H26N2O/c1-10(2)11(3)15(18-6)12-7-8-14-13(9-12)17(4,5)16(20)19-14/h7-11,15,18H,1-6H3,(H,19,20). The van der Waals surface area contributed by atoms with Gasteiger partial charge in [-0.25, -0.2) is 0 Å². The van der Waals surface area contributed by atoms with Crippen LogP contribution in [0.1, 0.15) is 51.8 Å². The molecule has 1 heterocycles. The minimum atomic E-state index is -0.440. The Bertz CT molecular complexity index is 520. The summed E-state index contributed by atoms with van der Waals surface area (Å²) in [4.78, 5) is 12.0. The van der Waals surface area contributed by atoms with Gasteiger partial charge in [0.25, 0.3) is 0 Å². The van der Waals surface area contributed by atoms with E-state index in [9.17, 15) is 4.79 Å². The maximum absolute atomic E-state index is 12.0. The monoisotopic (exact) mass is 274 g/mol. The number of hydrogen-bond acceptors (Lipinski definition) is 2. The van der Waals surface area contributed by atoms with E-state index < -0.39 is 5.41 Å². The second-order valence-corrected chi connectivity index (χ2v) is 6.75. The molecule has 0 aromatic heterocycles. The summed E-state index contributed by atoms with van der Waals surface area (Å²) in [5, 5.41) is 6.39. The van der Waals surface area contributed by atoms with E-state index in [1.165, 1.54) is 5.56 Å². The molecule has 0 radical (unpaired) electrons. The molecule has 1 amide bonds. The summed E-state index contributed by atoms with van der Waals surface area (Å²) in [6, 6.07) is 6.66. The lowest BCUT2D eigenvalue weighted by molar-refractivity contribution is -0.119. The Balaban J connectivity index is 2.41. The number of hydrogen-bond donors (Lipinski definition) is 2. The number of benzene rings is 1. The van der Waals surface area contributed by atoms with E-state index in [2.05, 4.69) is 43.5 Å². The third-order valence-electron chi connectivity index (χ3n) is 4.78. The van der Waals surface area contributed by atoms with E-state index >= 15 is 0 Å². The number of anilines is 1. The molecule has 1 aromatic rings. The fourth-order valence-corrected chi connectivity index (χ4v) is 2.90. The van der Waals surface area contributed by atoms with Gasteiger partial charge in [-0.2, -0.15) is 0 Å². The molecule has 1 aromatic carbocycles. The third kappa shape index (κ3) is 2.35. The largest absolute Gasteiger partial charge is 0.325 e. The quantitative estimate of drug-likeness (QED) is 0.882. The molecule has 0 bridgehead atoms. The molecule has 3 nitrogen and oxygen atoms in total. The lowest BCUT2D eigenvalue weighted by Crippen LogP contribution is -2.28. The summed E-state index contributed by atoms with van der Waals surface area (Å²) in [5.74, 6) is 1.22. The third-order valence-corrected chi connectivity index (χ3v) is 4.78. The van der Waals surface area contributed by atoms with Crippen LogP contribution in [0.4, 0.5) is 5.69 Å².